The van der Waals surface area contributed by atoms with Crippen LogP contribution in [0.2, 0.25) is 0 Å². The van der Waals surface area contributed by atoms with Crippen LogP contribution in [0.3, 0.4) is 0 Å². The molecular weight excluding hydrogens is 413 g/mol. The van der Waals surface area contributed by atoms with Crippen LogP contribution < -0.4 is 5.32 Å². The summed E-state index contributed by atoms with van der Waals surface area (Å²) in [6, 6.07) is 15.7. The normalized spacial score (nSPS) is 17.0. The molecule has 30 heavy (non-hydrogen) atoms. The van der Waals surface area contributed by atoms with Gasteiger partial charge in [0.1, 0.15) is 17.4 Å². The molecule has 152 valence electrons. The van der Waals surface area contributed by atoms with Gasteiger partial charge in [-0.05, 0) is 61.2 Å². The summed E-state index contributed by atoms with van der Waals surface area (Å²) in [5.41, 5.74) is 1.35. The highest BCUT2D eigenvalue weighted by atomic mass is 32.2. The fraction of sp³-hybridized carbons (Fsp3) is 0.0909. The van der Waals surface area contributed by atoms with Gasteiger partial charge in [-0.15, -0.1) is 0 Å². The zero-order valence-electron chi connectivity index (χ0n) is 15.7. The van der Waals surface area contributed by atoms with Gasteiger partial charge in [0.15, 0.2) is 0 Å². The number of hydrogen-bond donors (Lipinski definition) is 1. The van der Waals surface area contributed by atoms with Crippen LogP contribution >= 0.6 is 11.8 Å². The molecule has 2 aromatic carbocycles. The highest BCUT2D eigenvalue weighted by Gasteiger charge is 2.30. The van der Waals surface area contributed by atoms with Crippen LogP contribution in [0.5, 0.6) is 0 Å². The van der Waals surface area contributed by atoms with Crippen LogP contribution in [0.25, 0.3) is 17.4 Å². The number of carbonyl (C=O) groups excluding carboxylic acids is 1. The van der Waals surface area contributed by atoms with Crippen molar-refractivity contribution in [1.29, 1.82) is 0 Å². The second-order valence-corrected chi connectivity index (χ2v) is 7.61. The molecule has 1 amide bonds. The smallest absolute Gasteiger partial charge is 0.416 e. The van der Waals surface area contributed by atoms with Crippen LogP contribution in [-0.2, 0) is 6.18 Å². The summed E-state index contributed by atoms with van der Waals surface area (Å²) in [5.74, 6) is 1.09. The summed E-state index contributed by atoms with van der Waals surface area (Å²) in [4.78, 5) is 16.9. The lowest BCUT2D eigenvalue weighted by atomic mass is 10.1. The molecule has 4 nitrogen and oxygen atoms in total. The van der Waals surface area contributed by atoms with E-state index in [0.29, 0.717) is 33.5 Å². The van der Waals surface area contributed by atoms with Crippen LogP contribution in [0, 0.1) is 6.92 Å². The van der Waals surface area contributed by atoms with E-state index in [1.165, 1.54) is 6.07 Å². The molecule has 0 aliphatic carbocycles. The van der Waals surface area contributed by atoms with Crippen molar-refractivity contribution in [3.05, 3.63) is 82.5 Å². The van der Waals surface area contributed by atoms with Crippen molar-refractivity contribution in [3.8, 4) is 11.3 Å². The van der Waals surface area contributed by atoms with E-state index in [-0.39, 0.29) is 5.24 Å². The summed E-state index contributed by atoms with van der Waals surface area (Å²) in [7, 11) is 0. The SMILES string of the molecule is Cc1ccc(N=C2NC(=O)SC2=Cc2ccc(-c3cccc(C(F)(F)F)c3)o2)cc1. The van der Waals surface area contributed by atoms with Crippen molar-refractivity contribution in [2.24, 2.45) is 4.99 Å². The van der Waals surface area contributed by atoms with Crippen LogP contribution in [0.4, 0.5) is 23.7 Å². The highest BCUT2D eigenvalue weighted by molar-refractivity contribution is 8.18. The molecule has 1 aromatic heterocycles. The zero-order valence-corrected chi connectivity index (χ0v) is 16.5. The maximum atomic E-state index is 12.9. The first-order chi connectivity index (χ1) is 14.3. The Balaban J connectivity index is 1.63. The van der Waals surface area contributed by atoms with Crippen molar-refractivity contribution >= 4 is 34.6 Å². The largest absolute Gasteiger partial charge is 0.457 e. The van der Waals surface area contributed by atoms with Gasteiger partial charge >= 0.3 is 6.18 Å². The Labute approximate surface area is 174 Å². The number of nitrogens with zero attached hydrogens (tertiary/aromatic N) is 1. The van der Waals surface area contributed by atoms with E-state index < -0.39 is 11.7 Å². The predicted octanol–water partition coefficient (Wildman–Crippen LogP) is 6.80. The first-order valence-corrected chi connectivity index (χ1v) is 9.73. The minimum absolute atomic E-state index is 0.267. The Hall–Kier alpha value is -3.26. The highest BCUT2D eigenvalue weighted by Crippen LogP contribution is 2.34. The molecule has 0 unspecified atom stereocenters. The predicted molar refractivity (Wildman–Crippen MR) is 112 cm³/mol. The molecule has 1 N–H and O–H groups in total. The van der Waals surface area contributed by atoms with E-state index in [0.717, 1.165) is 29.5 Å². The number of alkyl halides is 3. The molecule has 0 spiro atoms. The third kappa shape index (κ3) is 4.49. The van der Waals surface area contributed by atoms with Crippen LogP contribution in [0.15, 0.2) is 75.0 Å². The fourth-order valence-corrected chi connectivity index (χ4v) is 3.54. The molecule has 1 saturated heterocycles. The summed E-state index contributed by atoms with van der Waals surface area (Å²) >= 11 is 0.973. The van der Waals surface area contributed by atoms with Gasteiger partial charge in [0.05, 0.1) is 16.2 Å². The Kier molecular flexibility index (Phi) is 5.26. The molecule has 0 atom stereocenters. The molecule has 1 fully saturated rings. The number of amidine groups is 1. The number of nitrogens with one attached hydrogen (secondary N) is 1. The van der Waals surface area contributed by atoms with Crippen molar-refractivity contribution in [2.75, 3.05) is 0 Å². The lowest BCUT2D eigenvalue weighted by Gasteiger charge is -2.07. The Morgan fingerprint density at radius 3 is 2.57 bits per heavy atom. The number of carbonyl (C=O) groups is 1. The maximum Gasteiger partial charge on any atom is 0.416 e. The molecule has 2 heterocycles. The van der Waals surface area contributed by atoms with Crippen molar-refractivity contribution in [2.45, 2.75) is 13.1 Å². The molecule has 3 aromatic rings. The van der Waals surface area contributed by atoms with E-state index in [4.69, 9.17) is 4.42 Å². The van der Waals surface area contributed by atoms with Gasteiger partial charge < -0.3 is 9.73 Å². The van der Waals surface area contributed by atoms with E-state index >= 15 is 0 Å². The molecule has 4 rings (SSSR count). The molecule has 0 bridgehead atoms. The molecule has 8 heteroatoms. The standard InChI is InChI=1S/C22H15F3N2O2S/c1-13-5-7-16(8-6-13)26-20-19(30-21(28)27-20)12-17-9-10-18(29-17)14-3-2-4-15(11-14)22(23,24)25/h2-12H,1H3,(H,26,27,28). The first-order valence-electron chi connectivity index (χ1n) is 8.92. The molecule has 0 radical (unpaired) electrons. The minimum Gasteiger partial charge on any atom is -0.457 e. The van der Waals surface area contributed by atoms with Crippen molar-refractivity contribution in [3.63, 3.8) is 0 Å². The number of benzene rings is 2. The molecule has 1 aliphatic heterocycles. The fourth-order valence-electron chi connectivity index (χ4n) is 2.82. The average molecular weight is 428 g/mol. The number of furan rings is 1. The van der Waals surface area contributed by atoms with Gasteiger partial charge in [-0.25, -0.2) is 4.99 Å². The number of aryl methyl sites for hydroxylation is 1. The van der Waals surface area contributed by atoms with Gasteiger partial charge in [0.2, 0.25) is 0 Å². The van der Waals surface area contributed by atoms with Crippen molar-refractivity contribution in [1.82, 2.24) is 5.32 Å². The Morgan fingerprint density at radius 2 is 1.83 bits per heavy atom. The number of hydrogen-bond acceptors (Lipinski definition) is 4. The summed E-state index contributed by atoms with van der Waals surface area (Å²) in [5, 5.41) is 2.42. The number of amides is 1. The number of aliphatic imine (C=N–C) groups is 1. The summed E-state index contributed by atoms with van der Waals surface area (Å²) in [6.45, 7) is 1.97. The van der Waals surface area contributed by atoms with Gasteiger partial charge in [-0.2, -0.15) is 13.2 Å². The zero-order chi connectivity index (χ0) is 21.3. The van der Waals surface area contributed by atoms with E-state index in [1.54, 1.807) is 24.3 Å². The number of rotatable bonds is 3. The van der Waals surface area contributed by atoms with E-state index in [2.05, 4.69) is 10.3 Å². The first kappa shape index (κ1) is 20.0. The topological polar surface area (TPSA) is 54.6 Å². The average Bonchev–Trinajstić information content (AvgIpc) is 3.30. The number of halogens is 3. The van der Waals surface area contributed by atoms with Gasteiger partial charge in [0, 0.05) is 5.56 Å². The second-order valence-electron chi connectivity index (χ2n) is 6.60. The molecular formula is C22H15F3N2O2S. The number of thioether (sulfide) groups is 1. The second kappa shape index (κ2) is 7.87. The molecule has 1 aliphatic rings. The van der Waals surface area contributed by atoms with Gasteiger partial charge in [0.25, 0.3) is 5.24 Å². The van der Waals surface area contributed by atoms with Crippen LogP contribution in [-0.4, -0.2) is 11.1 Å². The summed E-state index contributed by atoms with van der Waals surface area (Å²) in [6.07, 6.45) is -2.80. The summed E-state index contributed by atoms with van der Waals surface area (Å²) < 4.78 is 44.5. The van der Waals surface area contributed by atoms with Crippen molar-refractivity contribution < 1.29 is 22.4 Å². The lowest BCUT2D eigenvalue weighted by Crippen LogP contribution is -2.18. The Bertz CT molecular complexity index is 1160. The maximum absolute atomic E-state index is 12.9. The van der Waals surface area contributed by atoms with Crippen LogP contribution in [0.1, 0.15) is 16.9 Å². The minimum atomic E-state index is -4.43. The Morgan fingerprint density at radius 1 is 1.07 bits per heavy atom. The monoisotopic (exact) mass is 428 g/mol. The van der Waals surface area contributed by atoms with Gasteiger partial charge in [-0.3, -0.25) is 4.79 Å². The van der Waals surface area contributed by atoms with E-state index in [9.17, 15) is 18.0 Å². The molecule has 0 saturated carbocycles. The quantitative estimate of drug-likeness (QED) is 0.499. The van der Waals surface area contributed by atoms with E-state index in [1.807, 2.05) is 31.2 Å². The third-order valence-corrected chi connectivity index (χ3v) is 5.12. The van der Waals surface area contributed by atoms with Gasteiger partial charge in [-0.1, -0.05) is 29.8 Å². The lowest BCUT2D eigenvalue weighted by molar-refractivity contribution is -0.137. The third-order valence-electron chi connectivity index (χ3n) is 4.31.